The van der Waals surface area contributed by atoms with Crippen molar-refractivity contribution in [2.24, 2.45) is 5.92 Å². The highest BCUT2D eigenvalue weighted by atomic mass is 35.5. The fourth-order valence-corrected chi connectivity index (χ4v) is 4.37. The van der Waals surface area contributed by atoms with Crippen molar-refractivity contribution in [3.05, 3.63) is 28.2 Å². The Morgan fingerprint density at radius 2 is 2.04 bits per heavy atom. The summed E-state index contributed by atoms with van der Waals surface area (Å²) in [5.74, 6) is 0.602. The normalized spacial score (nSPS) is 24.0. The standard InChI is InChI=1S/C15H22Cl2N2O3S/c1-10-5-11(2)19(8-10)9-12(20)7-18-23(21,22)13-3-4-14(16)15(17)6-13/h3-4,6,10-12,18,20H,5,7-9H2,1-2H3. The lowest BCUT2D eigenvalue weighted by Crippen LogP contribution is -2.41. The summed E-state index contributed by atoms with van der Waals surface area (Å²) >= 11 is 11.6. The number of aliphatic hydroxyl groups is 1. The first-order valence-electron chi connectivity index (χ1n) is 7.56. The Labute approximate surface area is 147 Å². The molecule has 1 fully saturated rings. The van der Waals surface area contributed by atoms with Gasteiger partial charge in [-0.15, -0.1) is 0 Å². The number of nitrogens with zero attached hydrogens (tertiary/aromatic N) is 1. The van der Waals surface area contributed by atoms with Crippen molar-refractivity contribution in [2.75, 3.05) is 19.6 Å². The van der Waals surface area contributed by atoms with Gasteiger partial charge in [-0.2, -0.15) is 0 Å². The predicted octanol–water partition coefficient (Wildman–Crippen LogP) is 2.36. The molecule has 8 heteroatoms. The number of likely N-dealkylation sites (tertiary alicyclic amines) is 1. The number of benzene rings is 1. The van der Waals surface area contributed by atoms with Gasteiger partial charge in [-0.1, -0.05) is 30.1 Å². The first-order valence-corrected chi connectivity index (χ1v) is 9.80. The Morgan fingerprint density at radius 3 is 2.61 bits per heavy atom. The van der Waals surface area contributed by atoms with E-state index in [1.807, 2.05) is 0 Å². The second-order valence-electron chi connectivity index (χ2n) is 6.23. The van der Waals surface area contributed by atoms with Crippen molar-refractivity contribution in [1.82, 2.24) is 9.62 Å². The van der Waals surface area contributed by atoms with Gasteiger partial charge >= 0.3 is 0 Å². The molecular weight excluding hydrogens is 359 g/mol. The molecule has 0 aromatic heterocycles. The van der Waals surface area contributed by atoms with Gasteiger partial charge in [0.2, 0.25) is 10.0 Å². The highest BCUT2D eigenvalue weighted by Crippen LogP contribution is 2.25. The van der Waals surface area contributed by atoms with E-state index in [-0.39, 0.29) is 16.5 Å². The molecule has 0 radical (unpaired) electrons. The van der Waals surface area contributed by atoms with E-state index >= 15 is 0 Å². The highest BCUT2D eigenvalue weighted by Gasteiger charge is 2.28. The minimum Gasteiger partial charge on any atom is -0.390 e. The molecule has 0 aliphatic carbocycles. The van der Waals surface area contributed by atoms with Crippen LogP contribution in [0.25, 0.3) is 0 Å². The van der Waals surface area contributed by atoms with E-state index in [4.69, 9.17) is 23.2 Å². The number of hydrogen-bond acceptors (Lipinski definition) is 4. The molecule has 1 aliphatic heterocycles. The summed E-state index contributed by atoms with van der Waals surface area (Å²) in [7, 11) is -3.72. The Bertz CT molecular complexity index is 654. The molecule has 1 heterocycles. The molecule has 3 unspecified atom stereocenters. The van der Waals surface area contributed by atoms with Crippen LogP contribution in [0.2, 0.25) is 10.0 Å². The summed E-state index contributed by atoms with van der Waals surface area (Å²) in [5, 5.41) is 10.6. The van der Waals surface area contributed by atoms with E-state index in [0.717, 1.165) is 13.0 Å². The lowest BCUT2D eigenvalue weighted by Gasteiger charge is -2.24. The van der Waals surface area contributed by atoms with Crippen LogP contribution in [0.3, 0.4) is 0 Å². The third-order valence-corrected chi connectivity index (χ3v) is 6.23. The maximum Gasteiger partial charge on any atom is 0.240 e. The van der Waals surface area contributed by atoms with E-state index in [1.165, 1.54) is 18.2 Å². The molecule has 23 heavy (non-hydrogen) atoms. The number of sulfonamides is 1. The van der Waals surface area contributed by atoms with Crippen molar-refractivity contribution >= 4 is 33.2 Å². The number of aliphatic hydroxyl groups excluding tert-OH is 1. The Balaban J connectivity index is 1.92. The van der Waals surface area contributed by atoms with Crippen LogP contribution in [0.1, 0.15) is 20.3 Å². The summed E-state index contributed by atoms with van der Waals surface area (Å²) < 4.78 is 26.8. The van der Waals surface area contributed by atoms with Gasteiger partial charge in [0.1, 0.15) is 0 Å². The lowest BCUT2D eigenvalue weighted by molar-refractivity contribution is 0.111. The number of hydrogen-bond donors (Lipinski definition) is 2. The molecule has 2 N–H and O–H groups in total. The van der Waals surface area contributed by atoms with Crippen LogP contribution in [-0.4, -0.2) is 50.2 Å². The summed E-state index contributed by atoms with van der Waals surface area (Å²) in [5.41, 5.74) is 0. The number of rotatable bonds is 6. The Hall–Kier alpha value is -0.370. The fraction of sp³-hybridized carbons (Fsp3) is 0.600. The molecule has 1 saturated heterocycles. The molecule has 2 rings (SSSR count). The lowest BCUT2D eigenvalue weighted by atomic mass is 10.1. The van der Waals surface area contributed by atoms with Crippen molar-refractivity contribution in [2.45, 2.75) is 37.3 Å². The average molecular weight is 381 g/mol. The van der Waals surface area contributed by atoms with E-state index < -0.39 is 16.1 Å². The molecule has 0 amide bonds. The maximum absolute atomic E-state index is 12.2. The largest absolute Gasteiger partial charge is 0.390 e. The van der Waals surface area contributed by atoms with E-state index in [9.17, 15) is 13.5 Å². The van der Waals surface area contributed by atoms with Gasteiger partial charge in [-0.3, -0.25) is 4.90 Å². The molecule has 130 valence electrons. The third kappa shape index (κ3) is 5.05. The summed E-state index contributed by atoms with van der Waals surface area (Å²) in [6, 6.07) is 4.52. The molecular formula is C15H22Cl2N2O3S. The number of β-amino-alcohol motifs (C(OH)–C–C–N with tert-alkyl or cyclic N) is 1. The maximum atomic E-state index is 12.2. The van der Waals surface area contributed by atoms with Gasteiger partial charge in [-0.25, -0.2) is 13.1 Å². The number of nitrogens with one attached hydrogen (secondary N) is 1. The van der Waals surface area contributed by atoms with Crippen LogP contribution < -0.4 is 4.72 Å². The van der Waals surface area contributed by atoms with Gasteiger partial charge in [0.15, 0.2) is 0 Å². The number of halogens is 2. The van der Waals surface area contributed by atoms with Crippen LogP contribution in [0.15, 0.2) is 23.1 Å². The molecule has 0 saturated carbocycles. The first-order chi connectivity index (χ1) is 10.7. The Kier molecular flexibility index (Phi) is 6.33. The first kappa shape index (κ1) is 19.0. The predicted molar refractivity (Wildman–Crippen MR) is 92.5 cm³/mol. The van der Waals surface area contributed by atoms with E-state index in [0.29, 0.717) is 23.5 Å². The second-order valence-corrected chi connectivity index (χ2v) is 8.81. The minimum absolute atomic E-state index is 0.0299. The van der Waals surface area contributed by atoms with Crippen molar-refractivity contribution in [1.29, 1.82) is 0 Å². The van der Waals surface area contributed by atoms with Crippen LogP contribution in [0, 0.1) is 5.92 Å². The monoisotopic (exact) mass is 380 g/mol. The molecule has 1 aliphatic rings. The Morgan fingerprint density at radius 1 is 1.35 bits per heavy atom. The van der Waals surface area contributed by atoms with Gasteiger partial charge in [0.25, 0.3) is 0 Å². The second kappa shape index (κ2) is 7.68. The van der Waals surface area contributed by atoms with Crippen molar-refractivity contribution < 1.29 is 13.5 Å². The van der Waals surface area contributed by atoms with E-state index in [2.05, 4.69) is 23.5 Å². The van der Waals surface area contributed by atoms with Gasteiger partial charge < -0.3 is 5.11 Å². The van der Waals surface area contributed by atoms with Crippen LogP contribution in [0.4, 0.5) is 0 Å². The molecule has 1 aromatic carbocycles. The van der Waals surface area contributed by atoms with Gasteiger partial charge in [0.05, 0.1) is 21.0 Å². The SMILES string of the molecule is CC1CC(C)N(CC(O)CNS(=O)(=O)c2ccc(Cl)c(Cl)c2)C1. The smallest absolute Gasteiger partial charge is 0.240 e. The minimum atomic E-state index is -3.72. The topological polar surface area (TPSA) is 69.6 Å². The average Bonchev–Trinajstić information content (AvgIpc) is 2.77. The fourth-order valence-electron chi connectivity index (χ4n) is 2.91. The molecule has 0 bridgehead atoms. The summed E-state index contributed by atoms with van der Waals surface area (Å²) in [6.45, 7) is 5.64. The van der Waals surface area contributed by atoms with Gasteiger partial charge in [-0.05, 0) is 37.5 Å². The molecule has 0 spiro atoms. The highest BCUT2D eigenvalue weighted by molar-refractivity contribution is 7.89. The van der Waals surface area contributed by atoms with E-state index in [1.54, 1.807) is 0 Å². The van der Waals surface area contributed by atoms with Crippen molar-refractivity contribution in [3.63, 3.8) is 0 Å². The van der Waals surface area contributed by atoms with Crippen LogP contribution in [0.5, 0.6) is 0 Å². The van der Waals surface area contributed by atoms with Crippen molar-refractivity contribution in [3.8, 4) is 0 Å². The molecule has 1 aromatic rings. The van der Waals surface area contributed by atoms with Crippen LogP contribution in [-0.2, 0) is 10.0 Å². The summed E-state index contributed by atoms with van der Waals surface area (Å²) in [6.07, 6.45) is 0.335. The molecule has 3 atom stereocenters. The zero-order valence-corrected chi connectivity index (χ0v) is 15.5. The van der Waals surface area contributed by atoms with Crippen LogP contribution >= 0.6 is 23.2 Å². The quantitative estimate of drug-likeness (QED) is 0.794. The third-order valence-electron chi connectivity index (χ3n) is 4.07. The zero-order chi connectivity index (χ0) is 17.2. The summed E-state index contributed by atoms with van der Waals surface area (Å²) in [4.78, 5) is 2.21. The van der Waals surface area contributed by atoms with Gasteiger partial charge in [0, 0.05) is 25.7 Å². The molecule has 5 nitrogen and oxygen atoms in total. The zero-order valence-electron chi connectivity index (χ0n) is 13.2.